The summed E-state index contributed by atoms with van der Waals surface area (Å²) in [5.74, 6) is 0.191. The van der Waals surface area contributed by atoms with Gasteiger partial charge in [0, 0.05) is 17.7 Å². The van der Waals surface area contributed by atoms with Crippen molar-refractivity contribution in [2.24, 2.45) is 4.99 Å². The lowest BCUT2D eigenvalue weighted by Crippen LogP contribution is -2.24. The van der Waals surface area contributed by atoms with Crippen molar-refractivity contribution >= 4 is 28.6 Å². The first-order valence-corrected chi connectivity index (χ1v) is 8.33. The van der Waals surface area contributed by atoms with Crippen LogP contribution in [0.3, 0.4) is 0 Å². The molecule has 2 heterocycles. The molecule has 1 saturated heterocycles. The van der Waals surface area contributed by atoms with Crippen LogP contribution in [0.1, 0.15) is 18.5 Å². The highest BCUT2D eigenvalue weighted by Gasteiger charge is 2.18. The van der Waals surface area contributed by atoms with Crippen molar-refractivity contribution in [3.05, 3.63) is 46.0 Å². The Morgan fingerprint density at radius 1 is 1.38 bits per heavy atom. The number of hydrogen-bond acceptors (Lipinski definition) is 3. The summed E-state index contributed by atoms with van der Waals surface area (Å²) < 4.78 is 20.8. The summed E-state index contributed by atoms with van der Waals surface area (Å²) >= 11 is 7.55. The summed E-state index contributed by atoms with van der Waals surface area (Å²) in [6.45, 7) is 1.60. The average molecular weight is 327 g/mol. The molecule has 1 unspecified atom stereocenters. The van der Waals surface area contributed by atoms with Gasteiger partial charge in [-0.25, -0.2) is 9.38 Å². The Bertz CT molecular complexity index is 659. The van der Waals surface area contributed by atoms with E-state index in [1.165, 1.54) is 12.1 Å². The van der Waals surface area contributed by atoms with Gasteiger partial charge in [-0.2, -0.15) is 0 Å². The molecule has 1 aromatic carbocycles. The van der Waals surface area contributed by atoms with Crippen LogP contribution in [0.5, 0.6) is 0 Å². The molecule has 1 fully saturated rings. The number of aromatic nitrogens is 1. The maximum absolute atomic E-state index is 13.0. The number of nitrogens with zero attached hydrogens (tertiary/aromatic N) is 2. The van der Waals surface area contributed by atoms with E-state index in [0.29, 0.717) is 5.88 Å². The molecule has 0 N–H and O–H groups in total. The second kappa shape index (κ2) is 6.73. The zero-order valence-corrected chi connectivity index (χ0v) is 13.0. The Morgan fingerprint density at radius 2 is 2.19 bits per heavy atom. The van der Waals surface area contributed by atoms with Crippen LogP contribution < -0.4 is 4.80 Å². The number of hydrogen-bond donors (Lipinski definition) is 0. The quantitative estimate of drug-likeness (QED) is 0.784. The molecule has 112 valence electrons. The number of halogens is 2. The SMILES string of the molecule is Fc1ccc(N=c2scc(CCl)n2CC2CCCO2)cc1. The number of alkyl halides is 1. The molecule has 21 heavy (non-hydrogen) atoms. The predicted octanol–water partition coefficient (Wildman–Crippen LogP) is 3.84. The molecular weight excluding hydrogens is 311 g/mol. The van der Waals surface area contributed by atoms with Crippen LogP contribution in [0, 0.1) is 5.82 Å². The van der Waals surface area contributed by atoms with E-state index < -0.39 is 0 Å². The van der Waals surface area contributed by atoms with Gasteiger partial charge in [-0.05, 0) is 37.1 Å². The fraction of sp³-hybridized carbons (Fsp3) is 0.400. The van der Waals surface area contributed by atoms with Crippen molar-refractivity contribution in [3.8, 4) is 0 Å². The number of benzene rings is 1. The molecule has 1 aliphatic rings. The smallest absolute Gasteiger partial charge is 0.190 e. The summed E-state index contributed by atoms with van der Waals surface area (Å²) in [7, 11) is 0. The molecule has 1 aliphatic heterocycles. The maximum Gasteiger partial charge on any atom is 0.190 e. The number of rotatable bonds is 4. The van der Waals surface area contributed by atoms with E-state index in [4.69, 9.17) is 16.3 Å². The molecule has 0 spiro atoms. The van der Waals surface area contributed by atoms with Crippen LogP contribution in [-0.2, 0) is 17.2 Å². The molecule has 2 aromatic rings. The average Bonchev–Trinajstić information content (AvgIpc) is 3.13. The molecule has 3 nitrogen and oxygen atoms in total. The van der Waals surface area contributed by atoms with Gasteiger partial charge >= 0.3 is 0 Å². The highest BCUT2D eigenvalue weighted by Crippen LogP contribution is 2.17. The van der Waals surface area contributed by atoms with Crippen LogP contribution in [-0.4, -0.2) is 17.3 Å². The largest absolute Gasteiger partial charge is 0.376 e. The summed E-state index contributed by atoms with van der Waals surface area (Å²) in [6, 6.07) is 6.18. The number of thiazole rings is 1. The third kappa shape index (κ3) is 3.54. The second-order valence-electron chi connectivity index (χ2n) is 4.98. The topological polar surface area (TPSA) is 26.5 Å². The third-order valence-corrected chi connectivity index (χ3v) is 4.66. The van der Waals surface area contributed by atoms with Crippen molar-refractivity contribution in [2.75, 3.05) is 6.61 Å². The Kier molecular flexibility index (Phi) is 4.73. The van der Waals surface area contributed by atoms with Crippen molar-refractivity contribution in [2.45, 2.75) is 31.4 Å². The van der Waals surface area contributed by atoms with Gasteiger partial charge in [-0.1, -0.05) is 0 Å². The molecule has 1 aromatic heterocycles. The lowest BCUT2D eigenvalue weighted by molar-refractivity contribution is 0.0959. The summed E-state index contributed by atoms with van der Waals surface area (Å²) in [6.07, 6.45) is 2.41. The van der Waals surface area contributed by atoms with Gasteiger partial charge in [-0.3, -0.25) is 0 Å². The second-order valence-corrected chi connectivity index (χ2v) is 6.08. The summed E-state index contributed by atoms with van der Waals surface area (Å²) in [5.41, 5.74) is 1.78. The van der Waals surface area contributed by atoms with Gasteiger partial charge < -0.3 is 9.30 Å². The van der Waals surface area contributed by atoms with E-state index in [-0.39, 0.29) is 11.9 Å². The van der Waals surface area contributed by atoms with Crippen LogP contribution in [0.4, 0.5) is 10.1 Å². The molecule has 0 saturated carbocycles. The minimum atomic E-state index is -0.256. The lowest BCUT2D eigenvalue weighted by atomic mass is 10.2. The van der Waals surface area contributed by atoms with E-state index in [1.54, 1.807) is 23.5 Å². The van der Waals surface area contributed by atoms with Gasteiger partial charge in [0.25, 0.3) is 0 Å². The molecule has 3 rings (SSSR count). The van der Waals surface area contributed by atoms with Crippen molar-refractivity contribution in [3.63, 3.8) is 0 Å². The van der Waals surface area contributed by atoms with Crippen molar-refractivity contribution in [1.82, 2.24) is 4.57 Å². The van der Waals surface area contributed by atoms with E-state index in [2.05, 4.69) is 9.56 Å². The Morgan fingerprint density at radius 3 is 2.86 bits per heavy atom. The minimum absolute atomic E-state index is 0.230. The van der Waals surface area contributed by atoms with Gasteiger partial charge in [0.2, 0.25) is 0 Å². The van der Waals surface area contributed by atoms with Gasteiger partial charge in [0.15, 0.2) is 4.80 Å². The van der Waals surface area contributed by atoms with Crippen LogP contribution in [0.2, 0.25) is 0 Å². The van der Waals surface area contributed by atoms with E-state index in [9.17, 15) is 4.39 Å². The predicted molar refractivity (Wildman–Crippen MR) is 82.5 cm³/mol. The van der Waals surface area contributed by atoms with Crippen LogP contribution in [0.25, 0.3) is 0 Å². The maximum atomic E-state index is 13.0. The third-order valence-electron chi connectivity index (χ3n) is 3.48. The molecule has 0 amide bonds. The van der Waals surface area contributed by atoms with E-state index >= 15 is 0 Å². The Labute approximate surface area is 131 Å². The zero-order valence-electron chi connectivity index (χ0n) is 11.5. The standard InChI is InChI=1S/C15H16ClFN2OS/c16-8-13-10-21-15(18-12-5-3-11(17)4-6-12)19(13)9-14-2-1-7-20-14/h3-6,10,14H,1-2,7-9H2. The monoisotopic (exact) mass is 326 g/mol. The summed E-state index contributed by atoms with van der Waals surface area (Å²) in [5, 5.41) is 2.02. The van der Waals surface area contributed by atoms with Gasteiger partial charge in [0.05, 0.1) is 24.2 Å². The highest BCUT2D eigenvalue weighted by molar-refractivity contribution is 7.07. The van der Waals surface area contributed by atoms with Crippen molar-refractivity contribution in [1.29, 1.82) is 0 Å². The first kappa shape index (κ1) is 14.8. The van der Waals surface area contributed by atoms with Gasteiger partial charge in [-0.15, -0.1) is 22.9 Å². The van der Waals surface area contributed by atoms with Crippen LogP contribution in [0.15, 0.2) is 34.6 Å². The lowest BCUT2D eigenvalue weighted by Gasteiger charge is -2.12. The molecule has 0 aliphatic carbocycles. The molecule has 0 bridgehead atoms. The molecular formula is C15H16ClFN2OS. The van der Waals surface area contributed by atoms with Crippen molar-refractivity contribution < 1.29 is 9.13 Å². The Hall–Kier alpha value is -1.17. The minimum Gasteiger partial charge on any atom is -0.376 e. The molecule has 6 heteroatoms. The first-order chi connectivity index (χ1) is 10.3. The zero-order chi connectivity index (χ0) is 14.7. The number of ether oxygens (including phenoxy) is 1. The summed E-state index contributed by atoms with van der Waals surface area (Å²) in [4.78, 5) is 5.46. The Balaban J connectivity index is 1.93. The van der Waals surface area contributed by atoms with Gasteiger partial charge in [0.1, 0.15) is 5.82 Å². The highest BCUT2D eigenvalue weighted by atomic mass is 35.5. The normalized spacial score (nSPS) is 19.3. The van der Waals surface area contributed by atoms with E-state index in [0.717, 1.165) is 42.2 Å². The van der Waals surface area contributed by atoms with E-state index in [1.807, 2.05) is 5.38 Å². The molecule has 1 atom stereocenters. The van der Waals surface area contributed by atoms with Crippen LogP contribution >= 0.6 is 22.9 Å². The first-order valence-electron chi connectivity index (χ1n) is 6.91. The fourth-order valence-corrected chi connectivity index (χ4v) is 3.62. The molecule has 0 radical (unpaired) electrons. The fourth-order valence-electron chi connectivity index (χ4n) is 2.37.